The smallest absolute Gasteiger partial charge is 0.158 e. The van der Waals surface area contributed by atoms with E-state index in [-0.39, 0.29) is 11.2 Å². The molecule has 2 nitrogen and oxygen atoms in total. The minimum atomic E-state index is -0.443. The Morgan fingerprint density at radius 1 is 1.44 bits per heavy atom. The average molecular weight is 224 g/mol. The first kappa shape index (κ1) is 15.1. The largest absolute Gasteiger partial charge is 0.389 e. The number of hydrogen-bond donors (Lipinski definition) is 1. The van der Waals surface area contributed by atoms with Gasteiger partial charge in [0.05, 0.1) is 6.10 Å². The molecule has 0 aromatic rings. The van der Waals surface area contributed by atoms with E-state index in [0.717, 1.165) is 12.0 Å². The molecular formula is C14H24O2. The highest BCUT2D eigenvalue weighted by atomic mass is 16.3. The van der Waals surface area contributed by atoms with Crippen LogP contribution in [0, 0.1) is 5.41 Å². The Hall–Kier alpha value is -0.890. The summed E-state index contributed by atoms with van der Waals surface area (Å²) in [5.41, 5.74) is 0.661. The van der Waals surface area contributed by atoms with E-state index >= 15 is 0 Å². The summed E-state index contributed by atoms with van der Waals surface area (Å²) < 4.78 is 0. The van der Waals surface area contributed by atoms with Gasteiger partial charge in [-0.05, 0) is 25.8 Å². The second-order valence-corrected chi connectivity index (χ2v) is 4.56. The molecule has 2 heteroatoms. The lowest BCUT2D eigenvalue weighted by Gasteiger charge is -2.21. The van der Waals surface area contributed by atoms with Crippen LogP contribution in [0.15, 0.2) is 23.8 Å². The molecule has 0 aliphatic carbocycles. The molecule has 0 aliphatic heterocycles. The Kier molecular flexibility index (Phi) is 6.27. The SMILES string of the molecule is CCC(=O)C(C)=CC(C)(C=CC(C)O)CC. The summed E-state index contributed by atoms with van der Waals surface area (Å²) in [7, 11) is 0. The highest BCUT2D eigenvalue weighted by Crippen LogP contribution is 2.27. The molecule has 0 aromatic heterocycles. The predicted octanol–water partition coefficient (Wildman–Crippen LogP) is 3.27. The number of Topliss-reactive ketones (excluding diaryl/α,β-unsaturated/α-hetero) is 1. The first-order chi connectivity index (χ1) is 7.34. The fourth-order valence-electron chi connectivity index (χ4n) is 1.48. The zero-order valence-electron chi connectivity index (χ0n) is 11.1. The molecule has 0 rings (SSSR count). The molecule has 16 heavy (non-hydrogen) atoms. The van der Waals surface area contributed by atoms with Crippen LogP contribution in [0.2, 0.25) is 0 Å². The van der Waals surface area contributed by atoms with Gasteiger partial charge in [0.2, 0.25) is 0 Å². The molecule has 0 aliphatic rings. The van der Waals surface area contributed by atoms with Crippen molar-refractivity contribution in [2.75, 3.05) is 0 Å². The summed E-state index contributed by atoms with van der Waals surface area (Å²) >= 11 is 0. The number of aliphatic hydroxyl groups excluding tert-OH is 1. The quantitative estimate of drug-likeness (QED) is 0.555. The molecule has 2 atom stereocenters. The van der Waals surface area contributed by atoms with Gasteiger partial charge in [0, 0.05) is 11.8 Å². The Morgan fingerprint density at radius 2 is 2.00 bits per heavy atom. The van der Waals surface area contributed by atoms with Crippen LogP contribution in [0.4, 0.5) is 0 Å². The van der Waals surface area contributed by atoms with E-state index in [0.29, 0.717) is 6.42 Å². The van der Waals surface area contributed by atoms with Crippen molar-refractivity contribution in [2.24, 2.45) is 5.41 Å². The molecule has 2 unspecified atom stereocenters. The summed E-state index contributed by atoms with van der Waals surface area (Å²) in [6.45, 7) is 9.59. The maximum Gasteiger partial charge on any atom is 0.158 e. The van der Waals surface area contributed by atoms with E-state index in [2.05, 4.69) is 13.8 Å². The molecule has 0 aromatic carbocycles. The van der Waals surface area contributed by atoms with E-state index in [9.17, 15) is 9.90 Å². The number of carbonyl (C=O) groups excluding carboxylic acids is 1. The minimum absolute atomic E-state index is 0.147. The fourth-order valence-corrected chi connectivity index (χ4v) is 1.48. The molecule has 0 amide bonds. The Balaban J connectivity index is 4.90. The molecule has 0 fully saturated rings. The number of aliphatic hydroxyl groups is 1. The topological polar surface area (TPSA) is 37.3 Å². The Bertz CT molecular complexity index is 287. The van der Waals surface area contributed by atoms with Crippen LogP contribution < -0.4 is 0 Å². The second-order valence-electron chi connectivity index (χ2n) is 4.56. The monoisotopic (exact) mass is 224 g/mol. The van der Waals surface area contributed by atoms with Gasteiger partial charge in [-0.2, -0.15) is 0 Å². The van der Waals surface area contributed by atoms with Gasteiger partial charge < -0.3 is 5.11 Å². The van der Waals surface area contributed by atoms with Crippen LogP contribution in [-0.4, -0.2) is 17.0 Å². The van der Waals surface area contributed by atoms with E-state index in [1.165, 1.54) is 0 Å². The van der Waals surface area contributed by atoms with Crippen LogP contribution >= 0.6 is 0 Å². The number of allylic oxidation sites excluding steroid dienone is 3. The zero-order chi connectivity index (χ0) is 12.8. The molecular weight excluding hydrogens is 200 g/mol. The molecule has 0 radical (unpaired) electrons. The summed E-state index contributed by atoms with van der Waals surface area (Å²) in [5, 5.41) is 9.23. The first-order valence-electron chi connectivity index (χ1n) is 5.94. The lowest BCUT2D eigenvalue weighted by atomic mass is 9.84. The summed E-state index contributed by atoms with van der Waals surface area (Å²) in [6.07, 6.45) is 6.75. The number of carbonyl (C=O) groups is 1. The van der Waals surface area contributed by atoms with Crippen molar-refractivity contribution in [3.05, 3.63) is 23.8 Å². The lowest BCUT2D eigenvalue weighted by molar-refractivity contribution is -0.115. The third kappa shape index (κ3) is 5.26. The van der Waals surface area contributed by atoms with Gasteiger partial charge in [0.15, 0.2) is 5.78 Å². The third-order valence-corrected chi connectivity index (χ3v) is 2.82. The minimum Gasteiger partial charge on any atom is -0.389 e. The highest BCUT2D eigenvalue weighted by Gasteiger charge is 2.17. The van der Waals surface area contributed by atoms with Gasteiger partial charge in [-0.3, -0.25) is 4.79 Å². The molecule has 1 N–H and O–H groups in total. The molecule has 0 saturated carbocycles. The number of rotatable bonds is 6. The van der Waals surface area contributed by atoms with E-state index < -0.39 is 6.10 Å². The summed E-state index contributed by atoms with van der Waals surface area (Å²) in [5.74, 6) is 0.185. The fraction of sp³-hybridized carbons (Fsp3) is 0.643. The van der Waals surface area contributed by atoms with Gasteiger partial charge in [0.1, 0.15) is 0 Å². The number of hydrogen-bond acceptors (Lipinski definition) is 2. The van der Waals surface area contributed by atoms with E-state index in [4.69, 9.17) is 0 Å². The molecule has 0 saturated heterocycles. The van der Waals surface area contributed by atoms with E-state index in [1.807, 2.05) is 26.0 Å². The van der Waals surface area contributed by atoms with Gasteiger partial charge >= 0.3 is 0 Å². The van der Waals surface area contributed by atoms with Gasteiger partial charge in [-0.15, -0.1) is 0 Å². The summed E-state index contributed by atoms with van der Waals surface area (Å²) in [6, 6.07) is 0. The van der Waals surface area contributed by atoms with Crippen molar-refractivity contribution in [3.8, 4) is 0 Å². The van der Waals surface area contributed by atoms with Crippen LogP contribution in [0.5, 0.6) is 0 Å². The van der Waals surface area contributed by atoms with E-state index in [1.54, 1.807) is 13.0 Å². The molecule has 0 bridgehead atoms. The second kappa shape index (κ2) is 6.64. The van der Waals surface area contributed by atoms with Crippen LogP contribution in [0.3, 0.4) is 0 Å². The maximum atomic E-state index is 11.5. The molecule has 0 spiro atoms. The van der Waals surface area contributed by atoms with Gasteiger partial charge in [-0.25, -0.2) is 0 Å². The van der Waals surface area contributed by atoms with Crippen molar-refractivity contribution in [1.82, 2.24) is 0 Å². The first-order valence-corrected chi connectivity index (χ1v) is 5.94. The lowest BCUT2D eigenvalue weighted by Crippen LogP contribution is -2.12. The third-order valence-electron chi connectivity index (χ3n) is 2.82. The maximum absolute atomic E-state index is 11.5. The van der Waals surface area contributed by atoms with Gasteiger partial charge in [0.25, 0.3) is 0 Å². The molecule has 0 heterocycles. The van der Waals surface area contributed by atoms with Crippen LogP contribution in [-0.2, 0) is 4.79 Å². The van der Waals surface area contributed by atoms with Crippen molar-refractivity contribution in [3.63, 3.8) is 0 Å². The highest BCUT2D eigenvalue weighted by molar-refractivity contribution is 5.94. The van der Waals surface area contributed by atoms with Crippen LogP contribution in [0.1, 0.15) is 47.5 Å². The normalized spacial score (nSPS) is 18.5. The van der Waals surface area contributed by atoms with Gasteiger partial charge in [-0.1, -0.05) is 39.0 Å². The number of ketones is 1. The summed E-state index contributed by atoms with van der Waals surface area (Å²) in [4.78, 5) is 11.5. The van der Waals surface area contributed by atoms with Crippen molar-refractivity contribution >= 4 is 5.78 Å². The van der Waals surface area contributed by atoms with Crippen LogP contribution in [0.25, 0.3) is 0 Å². The zero-order valence-corrected chi connectivity index (χ0v) is 11.1. The molecule has 92 valence electrons. The predicted molar refractivity (Wildman–Crippen MR) is 68.3 cm³/mol. The van der Waals surface area contributed by atoms with Crippen molar-refractivity contribution in [1.29, 1.82) is 0 Å². The Morgan fingerprint density at radius 3 is 2.38 bits per heavy atom. The van der Waals surface area contributed by atoms with Crippen molar-refractivity contribution < 1.29 is 9.90 Å². The standard InChI is InChI=1S/C14H24O2/c1-6-13(16)11(3)10-14(5,7-2)9-8-12(4)15/h8-10,12,15H,6-7H2,1-5H3. The Labute approximate surface area is 99.1 Å². The average Bonchev–Trinajstić information content (AvgIpc) is 2.25. The van der Waals surface area contributed by atoms with Crippen molar-refractivity contribution in [2.45, 2.75) is 53.6 Å².